The zero-order valence-electron chi connectivity index (χ0n) is 18.6. The van der Waals surface area contributed by atoms with Gasteiger partial charge in [-0.2, -0.15) is 0 Å². The maximum atomic E-state index is 12.6. The van der Waals surface area contributed by atoms with E-state index in [1.165, 1.54) is 11.8 Å². The third-order valence-electron chi connectivity index (χ3n) is 4.63. The molecule has 0 radical (unpaired) electrons. The van der Waals surface area contributed by atoms with Crippen molar-refractivity contribution in [3.8, 4) is 5.75 Å². The van der Waals surface area contributed by atoms with E-state index in [0.29, 0.717) is 17.0 Å². The number of carbonyl (C=O) groups excluding carboxylic acids is 3. The van der Waals surface area contributed by atoms with Crippen LogP contribution in [0.15, 0.2) is 53.4 Å². The number of thioether (sulfide) groups is 1. The molecule has 0 fully saturated rings. The molecule has 2 rings (SSSR count). The lowest BCUT2D eigenvalue weighted by atomic mass is 9.91. The quantitative estimate of drug-likeness (QED) is 0.427. The van der Waals surface area contributed by atoms with Gasteiger partial charge in [0.25, 0.3) is 0 Å². The fraction of sp³-hybridized carbons (Fsp3) is 0.375. The molecule has 0 heterocycles. The first-order chi connectivity index (χ1) is 14.6. The van der Waals surface area contributed by atoms with Crippen LogP contribution in [0.25, 0.3) is 0 Å². The molecule has 31 heavy (non-hydrogen) atoms. The van der Waals surface area contributed by atoms with E-state index in [1.807, 2.05) is 24.3 Å². The SMILES string of the molecule is COc1ccc(CN(C)C(=O)CSc2ccccc2C(=O)OCC(=O)C(C)(C)C)cc1. The number of rotatable bonds is 9. The fourth-order valence-electron chi connectivity index (χ4n) is 2.53. The lowest BCUT2D eigenvalue weighted by Crippen LogP contribution is -2.28. The van der Waals surface area contributed by atoms with E-state index in [9.17, 15) is 14.4 Å². The molecule has 0 N–H and O–H groups in total. The van der Waals surface area contributed by atoms with Gasteiger partial charge in [-0.3, -0.25) is 9.59 Å². The number of methoxy groups -OCH3 is 1. The van der Waals surface area contributed by atoms with Gasteiger partial charge in [-0.15, -0.1) is 11.8 Å². The highest BCUT2D eigenvalue weighted by atomic mass is 32.2. The molecule has 2 aromatic rings. The van der Waals surface area contributed by atoms with Crippen molar-refractivity contribution in [2.45, 2.75) is 32.2 Å². The minimum atomic E-state index is -0.574. The van der Waals surface area contributed by atoms with Crippen molar-refractivity contribution >= 4 is 29.4 Å². The molecule has 1 amide bonds. The maximum Gasteiger partial charge on any atom is 0.339 e. The van der Waals surface area contributed by atoms with Gasteiger partial charge < -0.3 is 14.4 Å². The molecule has 0 spiro atoms. The van der Waals surface area contributed by atoms with Gasteiger partial charge in [0, 0.05) is 23.9 Å². The normalized spacial score (nSPS) is 11.0. The van der Waals surface area contributed by atoms with E-state index in [0.717, 1.165) is 11.3 Å². The number of amides is 1. The Kier molecular flexibility index (Phi) is 8.68. The molecule has 0 aliphatic heterocycles. The number of esters is 1. The Labute approximate surface area is 187 Å². The van der Waals surface area contributed by atoms with Crippen molar-refractivity contribution in [1.82, 2.24) is 4.90 Å². The maximum absolute atomic E-state index is 12.6. The van der Waals surface area contributed by atoms with E-state index in [2.05, 4.69) is 0 Å². The molecule has 0 aromatic heterocycles. The predicted octanol–water partition coefficient (Wildman–Crippen LogP) is 4.22. The Balaban J connectivity index is 1.94. The van der Waals surface area contributed by atoms with Crippen LogP contribution in [0.5, 0.6) is 5.75 Å². The van der Waals surface area contributed by atoms with Crippen LogP contribution in [0.4, 0.5) is 0 Å². The number of hydrogen-bond acceptors (Lipinski definition) is 6. The number of carbonyl (C=O) groups is 3. The van der Waals surface area contributed by atoms with Crippen LogP contribution >= 0.6 is 11.8 Å². The number of Topliss-reactive ketones (excluding diaryl/α,β-unsaturated/α-hetero) is 1. The molecule has 0 atom stereocenters. The second kappa shape index (κ2) is 11.0. The Morgan fingerprint density at radius 1 is 1.00 bits per heavy atom. The van der Waals surface area contributed by atoms with Crippen molar-refractivity contribution in [2.75, 3.05) is 26.5 Å². The first-order valence-corrected chi connectivity index (χ1v) is 10.9. The summed E-state index contributed by atoms with van der Waals surface area (Å²) in [5, 5.41) is 0. The van der Waals surface area contributed by atoms with Gasteiger partial charge in [0.15, 0.2) is 12.4 Å². The van der Waals surface area contributed by atoms with E-state index in [1.54, 1.807) is 64.1 Å². The van der Waals surface area contributed by atoms with Crippen molar-refractivity contribution in [2.24, 2.45) is 5.41 Å². The van der Waals surface area contributed by atoms with Gasteiger partial charge >= 0.3 is 5.97 Å². The summed E-state index contributed by atoms with van der Waals surface area (Å²) in [5.74, 6) is 0.159. The van der Waals surface area contributed by atoms with Gasteiger partial charge in [0.1, 0.15) is 5.75 Å². The highest BCUT2D eigenvalue weighted by Crippen LogP contribution is 2.24. The molecule has 6 nitrogen and oxygen atoms in total. The van der Waals surface area contributed by atoms with Crippen LogP contribution in [0.1, 0.15) is 36.7 Å². The van der Waals surface area contributed by atoms with Gasteiger partial charge in [-0.05, 0) is 29.8 Å². The topological polar surface area (TPSA) is 72.9 Å². The molecule has 0 saturated heterocycles. The molecule has 0 aliphatic rings. The summed E-state index contributed by atoms with van der Waals surface area (Å²) in [7, 11) is 3.35. The summed E-state index contributed by atoms with van der Waals surface area (Å²) < 4.78 is 10.3. The summed E-state index contributed by atoms with van der Waals surface area (Å²) in [6, 6.07) is 14.5. The largest absolute Gasteiger partial charge is 0.497 e. The minimum absolute atomic E-state index is 0.0631. The summed E-state index contributed by atoms with van der Waals surface area (Å²) >= 11 is 1.27. The molecule has 7 heteroatoms. The average Bonchev–Trinajstić information content (AvgIpc) is 2.75. The third-order valence-corrected chi connectivity index (χ3v) is 5.69. The van der Waals surface area contributed by atoms with E-state index < -0.39 is 11.4 Å². The van der Waals surface area contributed by atoms with Crippen molar-refractivity contribution in [3.05, 3.63) is 59.7 Å². The van der Waals surface area contributed by atoms with Crippen molar-refractivity contribution < 1.29 is 23.9 Å². The lowest BCUT2D eigenvalue weighted by molar-refractivity contribution is -0.129. The first-order valence-electron chi connectivity index (χ1n) is 9.91. The van der Waals surface area contributed by atoms with Gasteiger partial charge in [-0.1, -0.05) is 45.0 Å². The second-order valence-corrected chi connectivity index (χ2v) is 9.15. The molecular weight excluding hydrogens is 414 g/mol. The van der Waals surface area contributed by atoms with Crippen LogP contribution in [0, 0.1) is 5.41 Å². The van der Waals surface area contributed by atoms with Crippen molar-refractivity contribution in [1.29, 1.82) is 0 Å². The summed E-state index contributed by atoms with van der Waals surface area (Å²) in [5.41, 5.74) is 0.768. The fourth-order valence-corrected chi connectivity index (χ4v) is 3.51. The van der Waals surface area contributed by atoms with Crippen molar-refractivity contribution in [3.63, 3.8) is 0 Å². The molecule has 0 bridgehead atoms. The van der Waals surface area contributed by atoms with Crippen LogP contribution in [0.2, 0.25) is 0 Å². The Bertz CT molecular complexity index is 918. The van der Waals surface area contributed by atoms with Crippen LogP contribution in [0.3, 0.4) is 0 Å². The van der Waals surface area contributed by atoms with Crippen LogP contribution in [-0.4, -0.2) is 49.1 Å². The number of benzene rings is 2. The van der Waals surface area contributed by atoms with E-state index >= 15 is 0 Å². The second-order valence-electron chi connectivity index (χ2n) is 8.13. The van der Waals surface area contributed by atoms with Gasteiger partial charge in [0.2, 0.25) is 5.91 Å². The summed E-state index contributed by atoms with van der Waals surface area (Å²) in [6.07, 6.45) is 0. The Hall–Kier alpha value is -2.80. The summed E-state index contributed by atoms with van der Waals surface area (Å²) in [6.45, 7) is 5.54. The third kappa shape index (κ3) is 7.43. The molecular formula is C24H29NO5S. The zero-order valence-corrected chi connectivity index (χ0v) is 19.5. The number of ketones is 1. The standard InChI is InChI=1S/C24H29NO5S/c1-24(2,3)21(26)15-30-23(28)19-8-6-7-9-20(19)31-16-22(27)25(4)14-17-10-12-18(29-5)13-11-17/h6-13H,14-16H2,1-5H3. The number of ether oxygens (including phenoxy) is 2. The number of nitrogens with zero attached hydrogens (tertiary/aromatic N) is 1. The first kappa shape index (κ1) is 24.5. The minimum Gasteiger partial charge on any atom is -0.497 e. The molecule has 2 aromatic carbocycles. The van der Waals surface area contributed by atoms with E-state index in [-0.39, 0.29) is 24.1 Å². The molecule has 166 valence electrons. The predicted molar refractivity (Wildman–Crippen MR) is 121 cm³/mol. The zero-order chi connectivity index (χ0) is 23.0. The average molecular weight is 444 g/mol. The van der Waals surface area contributed by atoms with Gasteiger partial charge in [0.05, 0.1) is 18.4 Å². The smallest absolute Gasteiger partial charge is 0.339 e. The molecule has 0 saturated carbocycles. The Morgan fingerprint density at radius 2 is 1.65 bits per heavy atom. The highest BCUT2D eigenvalue weighted by Gasteiger charge is 2.23. The van der Waals surface area contributed by atoms with Gasteiger partial charge in [-0.25, -0.2) is 4.79 Å². The highest BCUT2D eigenvalue weighted by molar-refractivity contribution is 8.00. The summed E-state index contributed by atoms with van der Waals surface area (Å²) in [4.78, 5) is 39.3. The monoisotopic (exact) mass is 443 g/mol. The van der Waals surface area contributed by atoms with Crippen LogP contribution in [-0.2, 0) is 20.9 Å². The molecule has 0 aliphatic carbocycles. The van der Waals surface area contributed by atoms with E-state index in [4.69, 9.17) is 9.47 Å². The molecule has 0 unspecified atom stereocenters. The van der Waals surface area contributed by atoms with Crippen LogP contribution < -0.4 is 4.74 Å². The number of hydrogen-bond donors (Lipinski definition) is 0. The Morgan fingerprint density at radius 3 is 2.26 bits per heavy atom. The lowest BCUT2D eigenvalue weighted by Gasteiger charge is -2.18.